The van der Waals surface area contributed by atoms with Gasteiger partial charge in [-0.3, -0.25) is 9.59 Å². The molecule has 1 fully saturated rings. The van der Waals surface area contributed by atoms with Crippen LogP contribution in [0.25, 0.3) is 10.8 Å². The van der Waals surface area contributed by atoms with Crippen LogP contribution in [0.2, 0.25) is 0 Å². The van der Waals surface area contributed by atoms with Crippen molar-refractivity contribution in [1.82, 2.24) is 10.6 Å². The smallest absolute Gasteiger partial charge is 0.251 e. The fourth-order valence-electron chi connectivity index (χ4n) is 4.39. The van der Waals surface area contributed by atoms with E-state index in [4.69, 9.17) is 9.47 Å². The summed E-state index contributed by atoms with van der Waals surface area (Å²) in [5.74, 6) is 1.31. The van der Waals surface area contributed by atoms with Crippen molar-refractivity contribution in [1.29, 1.82) is 0 Å². The van der Waals surface area contributed by atoms with Crippen LogP contribution in [-0.2, 0) is 4.79 Å². The Hall–Kier alpha value is -4.36. The fourth-order valence-corrected chi connectivity index (χ4v) is 4.39. The Labute approximate surface area is 216 Å². The summed E-state index contributed by atoms with van der Waals surface area (Å²) in [5, 5.41) is 8.29. The van der Waals surface area contributed by atoms with Gasteiger partial charge >= 0.3 is 0 Å². The van der Waals surface area contributed by atoms with Crippen molar-refractivity contribution in [2.24, 2.45) is 0 Å². The summed E-state index contributed by atoms with van der Waals surface area (Å²) in [7, 11) is 0. The van der Waals surface area contributed by atoms with Gasteiger partial charge < -0.3 is 25.0 Å². The maximum atomic E-state index is 12.8. The quantitative estimate of drug-likeness (QED) is 0.343. The Morgan fingerprint density at radius 3 is 2.43 bits per heavy atom. The summed E-state index contributed by atoms with van der Waals surface area (Å²) < 4.78 is 11.7. The van der Waals surface area contributed by atoms with E-state index in [1.165, 1.54) is 0 Å². The van der Waals surface area contributed by atoms with Crippen LogP contribution in [0.5, 0.6) is 11.5 Å². The number of para-hydroxylation sites is 1. The predicted molar refractivity (Wildman–Crippen MR) is 144 cm³/mol. The molecule has 7 heteroatoms. The van der Waals surface area contributed by atoms with E-state index in [1.807, 2.05) is 78.9 Å². The van der Waals surface area contributed by atoms with Crippen LogP contribution in [0.15, 0.2) is 97.1 Å². The summed E-state index contributed by atoms with van der Waals surface area (Å²) in [4.78, 5) is 27.1. The lowest BCUT2D eigenvalue weighted by Gasteiger charge is -2.36. The van der Waals surface area contributed by atoms with Gasteiger partial charge in [-0.05, 0) is 59.3 Å². The SMILES string of the molecule is O=C(NCCOc1ccccc1)c1ccc(N2C(=O)CNCC2COc2ccc3ccccc3c2)cc1. The van der Waals surface area contributed by atoms with E-state index in [2.05, 4.69) is 16.7 Å². The molecule has 0 bridgehead atoms. The van der Waals surface area contributed by atoms with E-state index in [1.54, 1.807) is 17.0 Å². The van der Waals surface area contributed by atoms with Crippen molar-refractivity contribution in [3.05, 3.63) is 103 Å². The number of carbonyl (C=O) groups is 2. The van der Waals surface area contributed by atoms with Gasteiger partial charge in [-0.1, -0.05) is 48.5 Å². The van der Waals surface area contributed by atoms with Crippen molar-refractivity contribution in [2.45, 2.75) is 6.04 Å². The molecule has 4 aromatic carbocycles. The first-order chi connectivity index (χ1) is 18.2. The van der Waals surface area contributed by atoms with Crippen LogP contribution in [0.1, 0.15) is 10.4 Å². The topological polar surface area (TPSA) is 79.9 Å². The largest absolute Gasteiger partial charge is 0.492 e. The molecule has 1 aliphatic rings. The zero-order chi connectivity index (χ0) is 25.5. The third-order valence-electron chi connectivity index (χ3n) is 6.26. The van der Waals surface area contributed by atoms with Crippen molar-refractivity contribution < 1.29 is 19.1 Å². The van der Waals surface area contributed by atoms with Gasteiger partial charge in [0.2, 0.25) is 5.91 Å². The number of benzene rings is 4. The molecule has 2 amide bonds. The van der Waals surface area contributed by atoms with E-state index in [-0.39, 0.29) is 24.4 Å². The number of rotatable bonds is 9. The lowest BCUT2D eigenvalue weighted by Crippen LogP contribution is -2.57. The van der Waals surface area contributed by atoms with Crippen LogP contribution in [0, 0.1) is 0 Å². The molecule has 1 atom stereocenters. The lowest BCUT2D eigenvalue weighted by molar-refractivity contribution is -0.119. The number of nitrogens with one attached hydrogen (secondary N) is 2. The molecule has 1 saturated heterocycles. The fraction of sp³-hybridized carbons (Fsp3) is 0.200. The maximum Gasteiger partial charge on any atom is 0.251 e. The number of hydrogen-bond donors (Lipinski definition) is 2. The number of nitrogens with zero attached hydrogens (tertiary/aromatic N) is 1. The van der Waals surface area contributed by atoms with E-state index >= 15 is 0 Å². The molecular weight excluding hydrogens is 466 g/mol. The van der Waals surface area contributed by atoms with Crippen LogP contribution >= 0.6 is 0 Å². The number of amides is 2. The number of anilines is 1. The van der Waals surface area contributed by atoms with Gasteiger partial charge in [-0.15, -0.1) is 0 Å². The normalized spacial score (nSPS) is 15.4. The molecule has 1 aliphatic heterocycles. The Kier molecular flexibility index (Phi) is 7.62. The molecule has 0 aliphatic carbocycles. The summed E-state index contributed by atoms with van der Waals surface area (Å²) in [6, 6.07) is 30.5. The standard InChI is InChI=1S/C30H29N3O4/c34-29-20-31-19-26(21-37-28-15-12-22-6-4-5-7-24(22)18-28)33(29)25-13-10-23(11-14-25)30(35)32-16-17-36-27-8-2-1-3-9-27/h1-15,18,26,31H,16-17,19-21H2,(H,32,35). The van der Waals surface area contributed by atoms with Gasteiger partial charge in [0.25, 0.3) is 5.91 Å². The minimum absolute atomic E-state index is 0.0337. The summed E-state index contributed by atoms with van der Waals surface area (Å²) >= 11 is 0. The minimum Gasteiger partial charge on any atom is -0.492 e. The Morgan fingerprint density at radius 2 is 1.62 bits per heavy atom. The molecular formula is C30H29N3O4. The molecule has 1 heterocycles. The van der Waals surface area contributed by atoms with E-state index in [0.29, 0.717) is 31.9 Å². The second-order valence-corrected chi connectivity index (χ2v) is 8.83. The molecule has 2 N–H and O–H groups in total. The van der Waals surface area contributed by atoms with Gasteiger partial charge in [-0.25, -0.2) is 0 Å². The summed E-state index contributed by atoms with van der Waals surface area (Å²) in [6.07, 6.45) is 0. The molecule has 5 rings (SSSR count). The van der Waals surface area contributed by atoms with Crippen LogP contribution in [-0.4, -0.2) is 50.7 Å². The van der Waals surface area contributed by atoms with Crippen LogP contribution < -0.4 is 25.0 Å². The van der Waals surface area contributed by atoms with E-state index in [0.717, 1.165) is 28.0 Å². The Morgan fingerprint density at radius 1 is 0.865 bits per heavy atom. The Bertz CT molecular complexity index is 1360. The van der Waals surface area contributed by atoms with Crippen molar-refractivity contribution in [2.75, 3.05) is 37.7 Å². The number of piperazine rings is 1. The highest BCUT2D eigenvalue weighted by molar-refractivity contribution is 5.98. The highest BCUT2D eigenvalue weighted by Crippen LogP contribution is 2.23. The molecule has 4 aromatic rings. The third-order valence-corrected chi connectivity index (χ3v) is 6.26. The molecule has 0 spiro atoms. The van der Waals surface area contributed by atoms with Gasteiger partial charge in [0, 0.05) is 17.8 Å². The molecule has 0 aromatic heterocycles. The molecule has 0 radical (unpaired) electrons. The van der Waals surface area contributed by atoms with Crippen LogP contribution in [0.4, 0.5) is 5.69 Å². The molecule has 7 nitrogen and oxygen atoms in total. The molecule has 0 saturated carbocycles. The first-order valence-electron chi connectivity index (χ1n) is 12.4. The number of carbonyl (C=O) groups excluding carboxylic acids is 2. The van der Waals surface area contributed by atoms with Crippen molar-refractivity contribution in [3.8, 4) is 11.5 Å². The Balaban J connectivity index is 1.18. The average molecular weight is 496 g/mol. The number of ether oxygens (including phenoxy) is 2. The second kappa shape index (κ2) is 11.6. The second-order valence-electron chi connectivity index (χ2n) is 8.83. The van der Waals surface area contributed by atoms with Crippen molar-refractivity contribution >= 4 is 28.3 Å². The highest BCUT2D eigenvalue weighted by Gasteiger charge is 2.30. The third kappa shape index (κ3) is 6.08. The van der Waals surface area contributed by atoms with E-state index < -0.39 is 0 Å². The lowest BCUT2D eigenvalue weighted by atomic mass is 10.1. The summed E-state index contributed by atoms with van der Waals surface area (Å²) in [5.41, 5.74) is 1.26. The first-order valence-corrected chi connectivity index (χ1v) is 12.4. The van der Waals surface area contributed by atoms with Gasteiger partial charge in [0.1, 0.15) is 24.7 Å². The zero-order valence-corrected chi connectivity index (χ0v) is 20.4. The zero-order valence-electron chi connectivity index (χ0n) is 20.4. The molecule has 37 heavy (non-hydrogen) atoms. The van der Waals surface area contributed by atoms with Crippen molar-refractivity contribution in [3.63, 3.8) is 0 Å². The average Bonchev–Trinajstić information content (AvgIpc) is 2.95. The van der Waals surface area contributed by atoms with E-state index in [9.17, 15) is 9.59 Å². The van der Waals surface area contributed by atoms with Gasteiger partial charge in [0.05, 0.1) is 19.1 Å². The van der Waals surface area contributed by atoms with Crippen LogP contribution in [0.3, 0.4) is 0 Å². The minimum atomic E-state index is -0.189. The highest BCUT2D eigenvalue weighted by atomic mass is 16.5. The first kappa shape index (κ1) is 24.3. The monoisotopic (exact) mass is 495 g/mol. The number of hydrogen-bond acceptors (Lipinski definition) is 5. The molecule has 188 valence electrons. The van der Waals surface area contributed by atoms with Gasteiger partial charge in [0.15, 0.2) is 0 Å². The number of fused-ring (bicyclic) bond motifs is 1. The maximum absolute atomic E-state index is 12.8. The van der Waals surface area contributed by atoms with Gasteiger partial charge in [-0.2, -0.15) is 0 Å². The predicted octanol–water partition coefficient (Wildman–Crippen LogP) is 4.03. The summed E-state index contributed by atoms with van der Waals surface area (Å²) in [6.45, 7) is 1.99. The molecule has 1 unspecified atom stereocenters.